The highest BCUT2D eigenvalue weighted by atomic mass is 15.3. The normalized spacial score (nSPS) is 19.1. The molecule has 2 rings (SSSR count). The summed E-state index contributed by atoms with van der Waals surface area (Å²) in [5, 5.41) is 7.77. The van der Waals surface area contributed by atoms with Crippen molar-refractivity contribution in [2.45, 2.75) is 39.0 Å². The Kier molecular flexibility index (Phi) is 3.64. The minimum absolute atomic E-state index is 0.562. The quantitative estimate of drug-likeness (QED) is 0.772. The van der Waals surface area contributed by atoms with Crippen LogP contribution in [-0.2, 0) is 13.5 Å². The number of rotatable bonds is 5. The maximum atomic E-state index is 4.18. The summed E-state index contributed by atoms with van der Waals surface area (Å²) >= 11 is 0. The van der Waals surface area contributed by atoms with E-state index in [0.717, 1.165) is 13.0 Å². The number of hydrogen-bond donors (Lipinski definition) is 1. The molecule has 0 unspecified atom stereocenters. The molecule has 0 bridgehead atoms. The summed E-state index contributed by atoms with van der Waals surface area (Å²) in [5.74, 6) is 0. The summed E-state index contributed by atoms with van der Waals surface area (Å²) in [5.41, 5.74) is 1.87. The van der Waals surface area contributed by atoms with Crippen molar-refractivity contribution in [3.05, 3.63) is 18.0 Å². The zero-order chi connectivity index (χ0) is 11.4. The summed E-state index contributed by atoms with van der Waals surface area (Å²) in [6.45, 7) is 4.65. The fourth-order valence-electron chi connectivity index (χ4n) is 2.66. The fourth-order valence-corrected chi connectivity index (χ4v) is 2.66. The van der Waals surface area contributed by atoms with Gasteiger partial charge < -0.3 is 5.32 Å². The molecule has 0 saturated heterocycles. The first-order valence-corrected chi connectivity index (χ1v) is 6.37. The van der Waals surface area contributed by atoms with Crippen LogP contribution in [-0.4, -0.2) is 22.9 Å². The van der Waals surface area contributed by atoms with Crippen LogP contribution in [0.4, 0.5) is 0 Å². The van der Waals surface area contributed by atoms with Crippen molar-refractivity contribution in [3.63, 3.8) is 0 Å². The van der Waals surface area contributed by atoms with Gasteiger partial charge >= 0.3 is 0 Å². The third kappa shape index (κ3) is 2.85. The van der Waals surface area contributed by atoms with Crippen LogP contribution in [0.15, 0.2) is 12.3 Å². The van der Waals surface area contributed by atoms with E-state index in [-0.39, 0.29) is 0 Å². The molecule has 0 spiro atoms. The van der Waals surface area contributed by atoms with E-state index in [1.165, 1.54) is 37.9 Å². The van der Waals surface area contributed by atoms with Crippen LogP contribution in [0.3, 0.4) is 0 Å². The topological polar surface area (TPSA) is 29.9 Å². The minimum atomic E-state index is 0.562. The predicted octanol–water partition coefficient (Wildman–Crippen LogP) is 2.13. The highest BCUT2D eigenvalue weighted by Gasteiger charge is 2.27. The van der Waals surface area contributed by atoms with Gasteiger partial charge in [0.15, 0.2) is 0 Å². The van der Waals surface area contributed by atoms with Crippen molar-refractivity contribution in [1.82, 2.24) is 15.1 Å². The Hall–Kier alpha value is -0.830. The second kappa shape index (κ2) is 5.00. The Labute approximate surface area is 98.2 Å². The van der Waals surface area contributed by atoms with Crippen LogP contribution in [0.1, 0.15) is 38.3 Å². The monoisotopic (exact) mass is 221 g/mol. The van der Waals surface area contributed by atoms with Crippen molar-refractivity contribution >= 4 is 0 Å². The molecular formula is C13H23N3. The van der Waals surface area contributed by atoms with Gasteiger partial charge in [0.2, 0.25) is 0 Å². The minimum Gasteiger partial charge on any atom is -0.316 e. The first kappa shape index (κ1) is 11.6. The second-order valence-corrected chi connectivity index (χ2v) is 5.39. The molecule has 1 N–H and O–H groups in total. The van der Waals surface area contributed by atoms with Crippen molar-refractivity contribution in [1.29, 1.82) is 0 Å². The summed E-state index contributed by atoms with van der Waals surface area (Å²) in [4.78, 5) is 0. The number of nitrogens with zero attached hydrogens (tertiary/aromatic N) is 2. The van der Waals surface area contributed by atoms with Gasteiger partial charge in [-0.3, -0.25) is 4.68 Å². The fraction of sp³-hybridized carbons (Fsp3) is 0.769. The molecule has 90 valence electrons. The third-order valence-electron chi connectivity index (χ3n) is 3.84. The SMILES string of the molecule is Cn1nccc1CCNCC1(C)CCCC1. The van der Waals surface area contributed by atoms with E-state index in [0.29, 0.717) is 5.41 Å². The first-order valence-electron chi connectivity index (χ1n) is 6.37. The van der Waals surface area contributed by atoms with Crippen LogP contribution < -0.4 is 5.32 Å². The molecule has 16 heavy (non-hydrogen) atoms. The van der Waals surface area contributed by atoms with E-state index in [2.05, 4.69) is 23.4 Å². The van der Waals surface area contributed by atoms with E-state index in [9.17, 15) is 0 Å². The van der Waals surface area contributed by atoms with E-state index >= 15 is 0 Å². The third-order valence-corrected chi connectivity index (χ3v) is 3.84. The van der Waals surface area contributed by atoms with Crippen molar-refractivity contribution in [2.75, 3.05) is 13.1 Å². The molecule has 0 radical (unpaired) electrons. The summed E-state index contributed by atoms with van der Waals surface area (Å²) in [6, 6.07) is 2.10. The van der Waals surface area contributed by atoms with Gasteiger partial charge in [0.1, 0.15) is 0 Å². The smallest absolute Gasteiger partial charge is 0.0492 e. The van der Waals surface area contributed by atoms with Crippen LogP contribution in [0.2, 0.25) is 0 Å². The molecular weight excluding hydrogens is 198 g/mol. The molecule has 3 nitrogen and oxygen atoms in total. The predicted molar refractivity (Wildman–Crippen MR) is 66.4 cm³/mol. The van der Waals surface area contributed by atoms with E-state index in [1.807, 2.05) is 17.9 Å². The van der Waals surface area contributed by atoms with Gasteiger partial charge in [0.05, 0.1) is 0 Å². The highest BCUT2D eigenvalue weighted by molar-refractivity contribution is 5.00. The summed E-state index contributed by atoms with van der Waals surface area (Å²) < 4.78 is 1.96. The molecule has 1 heterocycles. The largest absolute Gasteiger partial charge is 0.316 e. The maximum Gasteiger partial charge on any atom is 0.0492 e. The van der Waals surface area contributed by atoms with Gasteiger partial charge in [-0.1, -0.05) is 19.8 Å². The zero-order valence-corrected chi connectivity index (χ0v) is 10.5. The number of aryl methyl sites for hydroxylation is 1. The Morgan fingerprint density at radius 3 is 2.81 bits per heavy atom. The van der Waals surface area contributed by atoms with Crippen LogP contribution in [0, 0.1) is 5.41 Å². The molecule has 3 heteroatoms. The standard InChI is InChI=1S/C13H23N3/c1-13(7-3-4-8-13)11-14-9-5-12-6-10-15-16(12)2/h6,10,14H,3-5,7-9,11H2,1-2H3. The molecule has 0 aromatic carbocycles. The molecule has 1 aliphatic carbocycles. The van der Waals surface area contributed by atoms with Crippen LogP contribution in [0.5, 0.6) is 0 Å². The zero-order valence-electron chi connectivity index (χ0n) is 10.5. The average Bonchev–Trinajstić information content (AvgIpc) is 2.84. The molecule has 1 aromatic heterocycles. The van der Waals surface area contributed by atoms with Crippen molar-refractivity contribution < 1.29 is 0 Å². The molecule has 1 fully saturated rings. The van der Waals surface area contributed by atoms with Gasteiger partial charge in [-0.15, -0.1) is 0 Å². The lowest BCUT2D eigenvalue weighted by molar-refractivity contribution is 0.316. The second-order valence-electron chi connectivity index (χ2n) is 5.39. The Morgan fingerprint density at radius 2 is 2.19 bits per heavy atom. The number of aromatic nitrogens is 2. The Balaban J connectivity index is 1.67. The Morgan fingerprint density at radius 1 is 1.44 bits per heavy atom. The van der Waals surface area contributed by atoms with Gasteiger partial charge in [-0.2, -0.15) is 5.10 Å². The lowest BCUT2D eigenvalue weighted by atomic mass is 9.89. The van der Waals surface area contributed by atoms with Crippen molar-refractivity contribution in [3.8, 4) is 0 Å². The summed E-state index contributed by atoms with van der Waals surface area (Å²) in [7, 11) is 2.01. The lowest BCUT2D eigenvalue weighted by Crippen LogP contribution is -2.31. The first-order chi connectivity index (χ1) is 7.70. The van der Waals surface area contributed by atoms with E-state index < -0.39 is 0 Å². The molecule has 1 aromatic rings. The lowest BCUT2D eigenvalue weighted by Gasteiger charge is -2.23. The number of nitrogens with one attached hydrogen (secondary N) is 1. The number of hydrogen-bond acceptors (Lipinski definition) is 2. The molecule has 1 saturated carbocycles. The van der Waals surface area contributed by atoms with Gasteiger partial charge in [0, 0.05) is 38.4 Å². The van der Waals surface area contributed by atoms with Gasteiger partial charge in [-0.25, -0.2) is 0 Å². The average molecular weight is 221 g/mol. The Bertz CT molecular complexity index is 324. The summed E-state index contributed by atoms with van der Waals surface area (Å²) in [6.07, 6.45) is 8.57. The van der Waals surface area contributed by atoms with Crippen LogP contribution >= 0.6 is 0 Å². The van der Waals surface area contributed by atoms with Gasteiger partial charge in [0.25, 0.3) is 0 Å². The molecule has 1 aliphatic rings. The molecule has 0 amide bonds. The van der Waals surface area contributed by atoms with E-state index in [4.69, 9.17) is 0 Å². The maximum absolute atomic E-state index is 4.18. The highest BCUT2D eigenvalue weighted by Crippen LogP contribution is 2.36. The molecule has 0 aliphatic heterocycles. The van der Waals surface area contributed by atoms with Gasteiger partial charge in [-0.05, 0) is 24.3 Å². The van der Waals surface area contributed by atoms with E-state index in [1.54, 1.807) is 0 Å². The molecule has 0 atom stereocenters. The van der Waals surface area contributed by atoms with Crippen LogP contribution in [0.25, 0.3) is 0 Å². The van der Waals surface area contributed by atoms with Crippen molar-refractivity contribution in [2.24, 2.45) is 12.5 Å².